The minimum atomic E-state index is -0.884. The Bertz CT molecular complexity index is 1040. The second-order valence-corrected chi connectivity index (χ2v) is 8.57. The SMILES string of the molecule is CSCCC(C(=O)NC(c1ccccc1)c1ccccc1)N1C(=O)c2ccccc2C1=O. The van der Waals surface area contributed by atoms with Gasteiger partial charge in [-0.1, -0.05) is 72.8 Å². The van der Waals surface area contributed by atoms with Crippen LogP contribution in [0.2, 0.25) is 0 Å². The average molecular weight is 445 g/mol. The molecule has 6 heteroatoms. The second-order valence-electron chi connectivity index (χ2n) is 7.59. The van der Waals surface area contributed by atoms with Crippen LogP contribution in [0.5, 0.6) is 0 Å². The average Bonchev–Trinajstić information content (AvgIpc) is 3.09. The quantitative estimate of drug-likeness (QED) is 0.526. The number of fused-ring (bicyclic) bond motifs is 1. The van der Waals surface area contributed by atoms with Crippen molar-refractivity contribution in [2.24, 2.45) is 0 Å². The molecule has 1 N–H and O–H groups in total. The van der Waals surface area contributed by atoms with Crippen molar-refractivity contribution in [3.8, 4) is 0 Å². The molecule has 162 valence electrons. The van der Waals surface area contributed by atoms with Crippen LogP contribution in [0.4, 0.5) is 0 Å². The number of hydrogen-bond acceptors (Lipinski definition) is 4. The molecule has 0 spiro atoms. The fourth-order valence-corrected chi connectivity index (χ4v) is 4.45. The summed E-state index contributed by atoms with van der Waals surface area (Å²) in [6.07, 6.45) is 2.32. The van der Waals surface area contributed by atoms with Gasteiger partial charge in [-0.15, -0.1) is 0 Å². The van der Waals surface area contributed by atoms with Crippen LogP contribution in [0.25, 0.3) is 0 Å². The minimum absolute atomic E-state index is 0.341. The smallest absolute Gasteiger partial charge is 0.262 e. The molecule has 0 fully saturated rings. The van der Waals surface area contributed by atoms with Crippen molar-refractivity contribution in [3.63, 3.8) is 0 Å². The first-order valence-electron chi connectivity index (χ1n) is 10.5. The summed E-state index contributed by atoms with van der Waals surface area (Å²) in [7, 11) is 0. The highest BCUT2D eigenvalue weighted by Crippen LogP contribution is 2.28. The van der Waals surface area contributed by atoms with Crippen LogP contribution in [0.15, 0.2) is 84.9 Å². The lowest BCUT2D eigenvalue weighted by atomic mass is 9.98. The monoisotopic (exact) mass is 444 g/mol. The molecule has 0 aliphatic carbocycles. The number of thioether (sulfide) groups is 1. The number of hydrogen-bond donors (Lipinski definition) is 1. The van der Waals surface area contributed by atoms with Crippen molar-refractivity contribution >= 4 is 29.5 Å². The molecule has 0 radical (unpaired) electrons. The fraction of sp³-hybridized carbons (Fsp3) is 0.192. The number of nitrogens with zero attached hydrogens (tertiary/aromatic N) is 1. The fourth-order valence-electron chi connectivity index (χ4n) is 3.99. The number of carbonyl (C=O) groups is 3. The van der Waals surface area contributed by atoms with E-state index in [9.17, 15) is 14.4 Å². The molecule has 0 saturated carbocycles. The van der Waals surface area contributed by atoms with Crippen molar-refractivity contribution in [1.29, 1.82) is 0 Å². The molecule has 0 saturated heterocycles. The number of carbonyl (C=O) groups excluding carboxylic acids is 3. The van der Waals surface area contributed by atoms with Crippen LogP contribution < -0.4 is 5.32 Å². The summed E-state index contributed by atoms with van der Waals surface area (Å²) in [6.45, 7) is 0. The molecule has 4 rings (SSSR count). The Balaban J connectivity index is 1.66. The predicted molar refractivity (Wildman–Crippen MR) is 127 cm³/mol. The van der Waals surface area contributed by atoms with E-state index in [1.807, 2.05) is 66.9 Å². The van der Waals surface area contributed by atoms with E-state index in [2.05, 4.69) is 5.32 Å². The molecule has 1 unspecified atom stereocenters. The summed E-state index contributed by atoms with van der Waals surface area (Å²) < 4.78 is 0. The first-order chi connectivity index (χ1) is 15.6. The summed E-state index contributed by atoms with van der Waals surface area (Å²) in [5.74, 6) is -0.524. The number of amides is 3. The molecular weight excluding hydrogens is 420 g/mol. The summed E-state index contributed by atoms with van der Waals surface area (Å²) >= 11 is 1.57. The Kier molecular flexibility index (Phi) is 6.71. The maximum Gasteiger partial charge on any atom is 0.262 e. The van der Waals surface area contributed by atoms with Gasteiger partial charge in [-0.05, 0) is 41.7 Å². The number of benzene rings is 3. The largest absolute Gasteiger partial charge is 0.343 e. The van der Waals surface area contributed by atoms with E-state index in [0.29, 0.717) is 23.3 Å². The minimum Gasteiger partial charge on any atom is -0.343 e. The third-order valence-electron chi connectivity index (χ3n) is 5.59. The number of nitrogens with one attached hydrogen (secondary N) is 1. The van der Waals surface area contributed by atoms with Gasteiger partial charge in [0, 0.05) is 0 Å². The van der Waals surface area contributed by atoms with Crippen molar-refractivity contribution < 1.29 is 14.4 Å². The molecule has 32 heavy (non-hydrogen) atoms. The molecule has 1 atom stereocenters. The van der Waals surface area contributed by atoms with E-state index >= 15 is 0 Å². The van der Waals surface area contributed by atoms with Crippen LogP contribution in [0.3, 0.4) is 0 Å². The molecule has 3 aromatic rings. The molecule has 0 aromatic heterocycles. The third-order valence-corrected chi connectivity index (χ3v) is 6.23. The highest BCUT2D eigenvalue weighted by atomic mass is 32.2. The van der Waals surface area contributed by atoms with E-state index in [1.54, 1.807) is 36.0 Å². The summed E-state index contributed by atoms with van der Waals surface area (Å²) in [5, 5.41) is 3.11. The topological polar surface area (TPSA) is 66.5 Å². The second kappa shape index (κ2) is 9.83. The molecule has 0 bridgehead atoms. The molecule has 5 nitrogen and oxygen atoms in total. The highest BCUT2D eigenvalue weighted by Gasteiger charge is 2.42. The molecule has 3 amide bonds. The van der Waals surface area contributed by atoms with Gasteiger partial charge in [-0.2, -0.15) is 11.8 Å². The van der Waals surface area contributed by atoms with E-state index in [-0.39, 0.29) is 5.91 Å². The van der Waals surface area contributed by atoms with Crippen molar-refractivity contribution in [2.45, 2.75) is 18.5 Å². The Labute approximate surface area is 191 Å². The van der Waals surface area contributed by atoms with E-state index < -0.39 is 23.9 Å². The van der Waals surface area contributed by atoms with Gasteiger partial charge in [-0.3, -0.25) is 19.3 Å². The van der Waals surface area contributed by atoms with Gasteiger partial charge in [-0.25, -0.2) is 0 Å². The maximum atomic E-state index is 13.6. The van der Waals surface area contributed by atoms with Crippen molar-refractivity contribution in [2.75, 3.05) is 12.0 Å². The molecule has 3 aromatic carbocycles. The molecule has 1 aliphatic heterocycles. The van der Waals surface area contributed by atoms with Crippen LogP contribution in [0, 0.1) is 0 Å². The lowest BCUT2D eigenvalue weighted by Gasteiger charge is -2.28. The van der Waals surface area contributed by atoms with Gasteiger partial charge >= 0.3 is 0 Å². The zero-order valence-corrected chi connectivity index (χ0v) is 18.5. The third kappa shape index (κ3) is 4.32. The lowest BCUT2D eigenvalue weighted by molar-refractivity contribution is -0.125. The van der Waals surface area contributed by atoms with Gasteiger partial charge in [0.15, 0.2) is 0 Å². The van der Waals surface area contributed by atoms with E-state index in [1.165, 1.54) is 0 Å². The van der Waals surface area contributed by atoms with Gasteiger partial charge < -0.3 is 5.32 Å². The number of imide groups is 1. The Hall–Kier alpha value is -3.38. The summed E-state index contributed by atoms with van der Waals surface area (Å²) in [5.41, 5.74) is 2.56. The Morgan fingerprint density at radius 2 is 1.28 bits per heavy atom. The van der Waals surface area contributed by atoms with Crippen LogP contribution in [-0.4, -0.2) is 40.7 Å². The van der Waals surface area contributed by atoms with Crippen molar-refractivity contribution in [3.05, 3.63) is 107 Å². The van der Waals surface area contributed by atoms with Crippen LogP contribution in [0.1, 0.15) is 44.3 Å². The summed E-state index contributed by atoms with van der Waals surface area (Å²) in [4.78, 5) is 40.8. The maximum absolute atomic E-state index is 13.6. The van der Waals surface area contributed by atoms with Gasteiger partial charge in [0.2, 0.25) is 5.91 Å². The zero-order valence-electron chi connectivity index (χ0n) is 17.7. The predicted octanol–water partition coefficient (Wildman–Crippen LogP) is 4.31. The number of rotatable bonds is 8. The lowest BCUT2D eigenvalue weighted by Crippen LogP contribution is -2.50. The van der Waals surface area contributed by atoms with E-state index in [4.69, 9.17) is 0 Å². The standard InChI is InChI=1S/C26H24N2O3S/c1-32-17-16-22(28-25(30)20-14-8-9-15-21(20)26(28)31)24(29)27-23(18-10-4-2-5-11-18)19-12-6-3-7-13-19/h2-15,22-23H,16-17H2,1H3,(H,27,29). The van der Waals surface area contributed by atoms with Crippen molar-refractivity contribution in [1.82, 2.24) is 10.2 Å². The van der Waals surface area contributed by atoms with Gasteiger partial charge in [0.05, 0.1) is 17.2 Å². The first kappa shape index (κ1) is 21.8. The molecular formula is C26H24N2O3S. The Morgan fingerprint density at radius 1 is 0.812 bits per heavy atom. The Morgan fingerprint density at radius 3 is 1.75 bits per heavy atom. The first-order valence-corrected chi connectivity index (χ1v) is 11.9. The molecule has 1 heterocycles. The highest BCUT2D eigenvalue weighted by molar-refractivity contribution is 7.98. The van der Waals surface area contributed by atoms with Crippen LogP contribution in [-0.2, 0) is 4.79 Å². The van der Waals surface area contributed by atoms with Crippen LogP contribution >= 0.6 is 11.8 Å². The normalized spacial score (nSPS) is 13.9. The van der Waals surface area contributed by atoms with Gasteiger partial charge in [0.25, 0.3) is 11.8 Å². The van der Waals surface area contributed by atoms with Gasteiger partial charge in [0.1, 0.15) is 6.04 Å². The zero-order chi connectivity index (χ0) is 22.5. The van der Waals surface area contributed by atoms with E-state index in [0.717, 1.165) is 16.0 Å². The summed E-state index contributed by atoms with van der Waals surface area (Å²) in [6, 6.07) is 24.8. The molecule has 1 aliphatic rings.